The van der Waals surface area contributed by atoms with Gasteiger partial charge in [-0.1, -0.05) is 42.2 Å². The number of methoxy groups -OCH3 is 2. The highest BCUT2D eigenvalue weighted by Crippen LogP contribution is 2.32. The summed E-state index contributed by atoms with van der Waals surface area (Å²) in [5.74, 6) is 0.533. The van der Waals surface area contributed by atoms with Crippen LogP contribution in [-0.2, 0) is 16.1 Å². The molecule has 144 valence electrons. The van der Waals surface area contributed by atoms with Crippen molar-refractivity contribution >= 4 is 46.3 Å². The average Bonchev–Trinajstić information content (AvgIpc) is 3.03. The predicted molar refractivity (Wildman–Crippen MR) is 111 cm³/mol. The quantitative estimate of drug-likeness (QED) is 0.439. The molecule has 3 rings (SSSR count). The molecule has 2 aromatic rings. The summed E-state index contributed by atoms with van der Waals surface area (Å²) in [6, 6.07) is 12.4. The maximum Gasteiger partial charge on any atom is 0.337 e. The molecule has 1 fully saturated rings. The van der Waals surface area contributed by atoms with Gasteiger partial charge in [0.05, 0.1) is 24.7 Å². The zero-order valence-electron chi connectivity index (χ0n) is 15.2. The van der Waals surface area contributed by atoms with E-state index in [1.807, 2.05) is 6.07 Å². The molecule has 1 saturated heterocycles. The molecule has 0 aromatic heterocycles. The fraction of sp³-hybridized carbons (Fsp3) is 0.150. The van der Waals surface area contributed by atoms with Crippen LogP contribution in [0.2, 0.25) is 0 Å². The smallest absolute Gasteiger partial charge is 0.337 e. The molecule has 0 atom stereocenters. The zero-order valence-corrected chi connectivity index (χ0v) is 16.8. The van der Waals surface area contributed by atoms with Crippen LogP contribution in [0, 0.1) is 0 Å². The molecule has 1 heterocycles. The van der Waals surface area contributed by atoms with Crippen molar-refractivity contribution in [2.45, 2.75) is 6.61 Å². The van der Waals surface area contributed by atoms with Crippen molar-refractivity contribution in [3.63, 3.8) is 0 Å². The summed E-state index contributed by atoms with van der Waals surface area (Å²) in [6.45, 7) is 0.310. The summed E-state index contributed by atoms with van der Waals surface area (Å²) in [6.07, 6.45) is 1.75. The monoisotopic (exact) mass is 415 g/mol. The lowest BCUT2D eigenvalue weighted by atomic mass is 10.1. The van der Waals surface area contributed by atoms with Crippen LogP contribution in [0.1, 0.15) is 21.5 Å². The van der Waals surface area contributed by atoms with Gasteiger partial charge in [-0.05, 0) is 41.5 Å². The predicted octanol–water partition coefficient (Wildman–Crippen LogP) is 3.55. The third-order valence-corrected chi connectivity index (χ3v) is 5.06. The van der Waals surface area contributed by atoms with Crippen LogP contribution in [-0.4, -0.2) is 30.4 Å². The summed E-state index contributed by atoms with van der Waals surface area (Å²) < 4.78 is 16.4. The number of hydrogen-bond donors (Lipinski definition) is 1. The second-order valence-electron chi connectivity index (χ2n) is 5.74. The second-order valence-corrected chi connectivity index (χ2v) is 7.46. The van der Waals surface area contributed by atoms with E-state index >= 15 is 0 Å². The Hall–Kier alpha value is -2.84. The lowest BCUT2D eigenvalue weighted by molar-refractivity contribution is -0.115. The van der Waals surface area contributed by atoms with E-state index in [1.54, 1.807) is 49.6 Å². The minimum Gasteiger partial charge on any atom is -0.493 e. The number of benzene rings is 2. The number of hydrogen-bond acceptors (Lipinski definition) is 7. The van der Waals surface area contributed by atoms with E-state index < -0.39 is 0 Å². The molecule has 28 heavy (non-hydrogen) atoms. The van der Waals surface area contributed by atoms with E-state index in [0.29, 0.717) is 32.9 Å². The summed E-state index contributed by atoms with van der Waals surface area (Å²) in [5, 5.41) is 2.58. The van der Waals surface area contributed by atoms with Crippen LogP contribution in [0.4, 0.5) is 0 Å². The Bertz CT molecular complexity index is 954. The number of carbonyl (C=O) groups is 2. The SMILES string of the molecule is COC(=O)c1ccc(COc2ccc(/C=C3\SC(=S)NC3=O)cc2OC)cc1. The summed E-state index contributed by atoms with van der Waals surface area (Å²) >= 11 is 6.21. The Balaban J connectivity index is 1.71. The number of nitrogens with one attached hydrogen (secondary N) is 1. The van der Waals surface area contributed by atoms with Gasteiger partial charge in [0, 0.05) is 0 Å². The number of esters is 1. The number of ether oxygens (including phenoxy) is 3. The van der Waals surface area contributed by atoms with Gasteiger partial charge in [0.15, 0.2) is 11.5 Å². The first-order valence-electron chi connectivity index (χ1n) is 8.23. The number of thiocarbonyl (C=S) groups is 1. The van der Waals surface area contributed by atoms with Gasteiger partial charge in [-0.15, -0.1) is 0 Å². The van der Waals surface area contributed by atoms with Crippen molar-refractivity contribution in [1.82, 2.24) is 5.32 Å². The Morgan fingerprint density at radius 1 is 1.14 bits per heavy atom. The normalized spacial score (nSPS) is 14.7. The van der Waals surface area contributed by atoms with Gasteiger partial charge in [-0.25, -0.2) is 4.79 Å². The molecule has 0 saturated carbocycles. The minimum atomic E-state index is -0.381. The van der Waals surface area contributed by atoms with E-state index in [-0.39, 0.29) is 11.9 Å². The highest BCUT2D eigenvalue weighted by atomic mass is 32.2. The van der Waals surface area contributed by atoms with Gasteiger partial charge in [0.2, 0.25) is 0 Å². The minimum absolute atomic E-state index is 0.204. The molecule has 0 aliphatic carbocycles. The van der Waals surface area contributed by atoms with E-state index in [4.69, 9.17) is 21.7 Å². The van der Waals surface area contributed by atoms with Crippen LogP contribution in [0.25, 0.3) is 6.08 Å². The highest BCUT2D eigenvalue weighted by Gasteiger charge is 2.22. The molecule has 6 nitrogen and oxygen atoms in total. The molecule has 0 bridgehead atoms. The molecule has 0 radical (unpaired) electrons. The van der Waals surface area contributed by atoms with E-state index in [9.17, 15) is 9.59 Å². The topological polar surface area (TPSA) is 73.9 Å². The van der Waals surface area contributed by atoms with Crippen LogP contribution < -0.4 is 14.8 Å². The van der Waals surface area contributed by atoms with E-state index in [2.05, 4.69) is 10.1 Å². The summed E-state index contributed by atoms with van der Waals surface area (Å²) in [7, 11) is 2.90. The fourth-order valence-corrected chi connectivity index (χ4v) is 3.53. The van der Waals surface area contributed by atoms with Gasteiger partial charge >= 0.3 is 5.97 Å². The van der Waals surface area contributed by atoms with Gasteiger partial charge < -0.3 is 19.5 Å². The maximum absolute atomic E-state index is 11.8. The van der Waals surface area contributed by atoms with Gasteiger partial charge in [0.1, 0.15) is 10.9 Å². The number of rotatable bonds is 6. The standard InChI is InChI=1S/C20H17NO5S2/c1-24-16-9-13(10-17-18(22)21-20(27)28-17)5-8-15(16)26-11-12-3-6-14(7-4-12)19(23)25-2/h3-10H,11H2,1-2H3,(H,21,22,27)/b17-10-. The second kappa shape index (κ2) is 8.90. The third kappa shape index (κ3) is 4.71. The van der Waals surface area contributed by atoms with Crippen LogP contribution >= 0.6 is 24.0 Å². The van der Waals surface area contributed by atoms with Crippen molar-refractivity contribution in [2.24, 2.45) is 0 Å². The number of carbonyl (C=O) groups excluding carboxylic acids is 2. The fourth-order valence-electron chi connectivity index (χ4n) is 2.48. The zero-order chi connectivity index (χ0) is 20.1. The molecular formula is C20H17NO5S2. The number of thioether (sulfide) groups is 1. The van der Waals surface area contributed by atoms with Crippen molar-refractivity contribution in [1.29, 1.82) is 0 Å². The first kappa shape index (κ1) is 19.9. The van der Waals surface area contributed by atoms with Crippen molar-refractivity contribution in [3.05, 3.63) is 64.1 Å². The first-order valence-corrected chi connectivity index (χ1v) is 9.45. The molecule has 8 heteroatoms. The average molecular weight is 415 g/mol. The van der Waals surface area contributed by atoms with Crippen LogP contribution in [0.5, 0.6) is 11.5 Å². The molecule has 0 spiro atoms. The Morgan fingerprint density at radius 3 is 2.50 bits per heavy atom. The lowest BCUT2D eigenvalue weighted by Gasteiger charge is -2.12. The van der Waals surface area contributed by atoms with E-state index in [0.717, 1.165) is 11.1 Å². The molecule has 2 aromatic carbocycles. The van der Waals surface area contributed by atoms with Crippen molar-refractivity contribution in [2.75, 3.05) is 14.2 Å². The van der Waals surface area contributed by atoms with Crippen molar-refractivity contribution in [3.8, 4) is 11.5 Å². The molecule has 1 amide bonds. The Morgan fingerprint density at radius 2 is 1.89 bits per heavy atom. The Kier molecular flexibility index (Phi) is 6.33. The van der Waals surface area contributed by atoms with Crippen LogP contribution in [0.3, 0.4) is 0 Å². The third-order valence-electron chi connectivity index (χ3n) is 3.90. The molecule has 1 aliphatic rings. The highest BCUT2D eigenvalue weighted by molar-refractivity contribution is 8.26. The van der Waals surface area contributed by atoms with Gasteiger partial charge in [0.25, 0.3) is 5.91 Å². The number of amides is 1. The first-order chi connectivity index (χ1) is 13.5. The van der Waals surface area contributed by atoms with Gasteiger partial charge in [-0.2, -0.15) is 0 Å². The van der Waals surface area contributed by atoms with Gasteiger partial charge in [-0.3, -0.25) is 4.79 Å². The van der Waals surface area contributed by atoms with Crippen LogP contribution in [0.15, 0.2) is 47.4 Å². The molecule has 1 N–H and O–H groups in total. The maximum atomic E-state index is 11.8. The Labute approximate surface area is 171 Å². The molecule has 1 aliphatic heterocycles. The molecule has 0 unspecified atom stereocenters. The largest absolute Gasteiger partial charge is 0.493 e. The molecular weight excluding hydrogens is 398 g/mol. The van der Waals surface area contributed by atoms with E-state index in [1.165, 1.54) is 18.9 Å². The van der Waals surface area contributed by atoms with Crippen molar-refractivity contribution < 1.29 is 23.8 Å². The summed E-state index contributed by atoms with van der Waals surface area (Å²) in [5.41, 5.74) is 2.18. The summed E-state index contributed by atoms with van der Waals surface area (Å²) in [4.78, 5) is 23.8. The lowest BCUT2D eigenvalue weighted by Crippen LogP contribution is -2.17.